The number of benzene rings is 1. The zero-order valence-corrected chi connectivity index (χ0v) is 10.5. The smallest absolute Gasteiger partial charge is 0.250 e. The summed E-state index contributed by atoms with van der Waals surface area (Å²) in [5, 5.41) is 12.5. The topological polar surface area (TPSA) is 41.5 Å². The Kier molecular flexibility index (Phi) is 7.12. The number of alkyl halides is 2. The van der Waals surface area contributed by atoms with Crippen molar-refractivity contribution in [1.29, 1.82) is 0 Å². The Morgan fingerprint density at radius 3 is 2.67 bits per heavy atom. The van der Waals surface area contributed by atoms with Crippen LogP contribution in [0.15, 0.2) is 24.3 Å². The molecule has 1 atom stereocenters. The number of rotatable bonds is 8. The number of hydrogen-bond donors (Lipinski definition) is 2. The van der Waals surface area contributed by atoms with Crippen LogP contribution in [0.3, 0.4) is 0 Å². The summed E-state index contributed by atoms with van der Waals surface area (Å²) >= 11 is 5.92. The Bertz CT molecular complexity index is 353. The summed E-state index contributed by atoms with van der Waals surface area (Å²) in [6.45, 7) is 0.00147. The van der Waals surface area contributed by atoms with E-state index < -0.39 is 19.1 Å². The monoisotopic (exact) mass is 279 g/mol. The first-order valence-electron chi connectivity index (χ1n) is 5.57. The van der Waals surface area contributed by atoms with Crippen molar-refractivity contribution < 1.29 is 18.6 Å². The molecule has 2 N–H and O–H groups in total. The standard InChI is InChI=1S/C12H16ClF2NO2/c13-11-4-2-1-3-9(11)7-18-8-10(17)5-16-6-12(14)15/h1-4,10,12,16-17H,5-8H2. The molecule has 0 bridgehead atoms. The number of halogens is 3. The van der Waals surface area contributed by atoms with Crippen molar-refractivity contribution in [3.05, 3.63) is 34.9 Å². The van der Waals surface area contributed by atoms with Gasteiger partial charge in [-0.05, 0) is 11.6 Å². The molecule has 0 saturated heterocycles. The SMILES string of the molecule is OC(CNCC(F)F)COCc1ccccc1Cl. The minimum absolute atomic E-state index is 0.0709. The van der Waals surface area contributed by atoms with Crippen molar-refractivity contribution in [2.24, 2.45) is 0 Å². The van der Waals surface area contributed by atoms with Gasteiger partial charge in [-0.25, -0.2) is 8.78 Å². The lowest BCUT2D eigenvalue weighted by Crippen LogP contribution is -2.33. The van der Waals surface area contributed by atoms with Crippen LogP contribution in [0.4, 0.5) is 8.78 Å². The van der Waals surface area contributed by atoms with Gasteiger partial charge in [-0.1, -0.05) is 29.8 Å². The van der Waals surface area contributed by atoms with E-state index in [-0.39, 0.29) is 19.8 Å². The lowest BCUT2D eigenvalue weighted by Gasteiger charge is -2.12. The van der Waals surface area contributed by atoms with Crippen molar-refractivity contribution in [3.8, 4) is 0 Å². The quantitative estimate of drug-likeness (QED) is 0.765. The maximum atomic E-state index is 11.8. The highest BCUT2D eigenvalue weighted by molar-refractivity contribution is 6.31. The molecule has 3 nitrogen and oxygen atoms in total. The molecule has 0 fully saturated rings. The van der Waals surface area contributed by atoms with Crippen LogP contribution >= 0.6 is 11.6 Å². The number of hydrogen-bond acceptors (Lipinski definition) is 3. The van der Waals surface area contributed by atoms with E-state index in [1.54, 1.807) is 6.07 Å². The number of aliphatic hydroxyl groups excluding tert-OH is 1. The zero-order valence-electron chi connectivity index (χ0n) is 9.78. The molecule has 0 aliphatic carbocycles. The minimum Gasteiger partial charge on any atom is -0.389 e. The van der Waals surface area contributed by atoms with Crippen LogP contribution < -0.4 is 5.32 Å². The summed E-state index contributed by atoms with van der Waals surface area (Å²) in [5.41, 5.74) is 0.826. The highest BCUT2D eigenvalue weighted by atomic mass is 35.5. The van der Waals surface area contributed by atoms with Crippen LogP contribution in [0, 0.1) is 0 Å². The van der Waals surface area contributed by atoms with E-state index >= 15 is 0 Å². The molecule has 0 amide bonds. The lowest BCUT2D eigenvalue weighted by molar-refractivity contribution is 0.0267. The van der Waals surface area contributed by atoms with Gasteiger partial charge in [-0.3, -0.25) is 0 Å². The Labute approximate surface area is 110 Å². The van der Waals surface area contributed by atoms with E-state index in [4.69, 9.17) is 16.3 Å². The maximum Gasteiger partial charge on any atom is 0.250 e. The van der Waals surface area contributed by atoms with Crippen LogP contribution in [0.1, 0.15) is 5.56 Å². The molecule has 1 unspecified atom stereocenters. The van der Waals surface area contributed by atoms with Crippen LogP contribution in [0.25, 0.3) is 0 Å². The molecular formula is C12H16ClF2NO2. The summed E-state index contributed by atoms with van der Waals surface area (Å²) in [6.07, 6.45) is -3.23. The summed E-state index contributed by atoms with van der Waals surface area (Å²) < 4.78 is 28.9. The number of ether oxygens (including phenoxy) is 1. The van der Waals surface area contributed by atoms with Gasteiger partial charge < -0.3 is 15.2 Å². The highest BCUT2D eigenvalue weighted by Crippen LogP contribution is 2.15. The molecular weight excluding hydrogens is 264 g/mol. The molecule has 102 valence electrons. The first-order chi connectivity index (χ1) is 8.59. The number of nitrogens with one attached hydrogen (secondary N) is 1. The fourth-order valence-corrected chi connectivity index (χ4v) is 1.53. The maximum absolute atomic E-state index is 11.8. The molecule has 0 aliphatic heterocycles. The van der Waals surface area contributed by atoms with E-state index in [2.05, 4.69) is 5.32 Å². The third-order valence-corrected chi connectivity index (χ3v) is 2.57. The molecule has 18 heavy (non-hydrogen) atoms. The van der Waals surface area contributed by atoms with Crippen molar-refractivity contribution >= 4 is 11.6 Å². The second-order valence-electron chi connectivity index (χ2n) is 3.81. The molecule has 0 saturated carbocycles. The van der Waals surface area contributed by atoms with Gasteiger partial charge in [0.05, 0.1) is 25.9 Å². The fraction of sp³-hybridized carbons (Fsp3) is 0.500. The molecule has 0 radical (unpaired) electrons. The van der Waals surface area contributed by atoms with Gasteiger partial charge in [0.15, 0.2) is 0 Å². The average molecular weight is 280 g/mol. The molecule has 0 heterocycles. The zero-order chi connectivity index (χ0) is 13.4. The predicted octanol–water partition coefficient (Wildman–Crippen LogP) is 2.07. The first-order valence-corrected chi connectivity index (χ1v) is 5.95. The molecule has 6 heteroatoms. The second kappa shape index (κ2) is 8.37. The van der Waals surface area contributed by atoms with Gasteiger partial charge in [-0.2, -0.15) is 0 Å². The summed E-state index contributed by atoms with van der Waals surface area (Å²) in [4.78, 5) is 0. The summed E-state index contributed by atoms with van der Waals surface area (Å²) in [5.74, 6) is 0. The van der Waals surface area contributed by atoms with Crippen LogP contribution in [0.2, 0.25) is 5.02 Å². The third kappa shape index (κ3) is 6.26. The van der Waals surface area contributed by atoms with E-state index in [0.717, 1.165) is 5.56 Å². The van der Waals surface area contributed by atoms with Crippen molar-refractivity contribution in [2.45, 2.75) is 19.1 Å². The third-order valence-electron chi connectivity index (χ3n) is 2.20. The fourth-order valence-electron chi connectivity index (χ4n) is 1.34. The Morgan fingerprint density at radius 1 is 1.28 bits per heavy atom. The van der Waals surface area contributed by atoms with Gasteiger partial charge in [0.1, 0.15) is 0 Å². The summed E-state index contributed by atoms with van der Waals surface area (Å²) in [6, 6.07) is 7.23. The van der Waals surface area contributed by atoms with E-state index in [1.807, 2.05) is 18.2 Å². The Balaban J connectivity index is 2.15. The van der Waals surface area contributed by atoms with Crippen LogP contribution in [0.5, 0.6) is 0 Å². The van der Waals surface area contributed by atoms with Gasteiger partial charge in [-0.15, -0.1) is 0 Å². The van der Waals surface area contributed by atoms with Crippen LogP contribution in [-0.4, -0.2) is 37.3 Å². The Hall–Kier alpha value is -0.750. The van der Waals surface area contributed by atoms with Gasteiger partial charge in [0.25, 0.3) is 6.43 Å². The first kappa shape index (κ1) is 15.3. The van der Waals surface area contributed by atoms with Crippen molar-refractivity contribution in [1.82, 2.24) is 5.32 Å². The van der Waals surface area contributed by atoms with Gasteiger partial charge >= 0.3 is 0 Å². The van der Waals surface area contributed by atoms with Gasteiger partial charge in [0.2, 0.25) is 0 Å². The van der Waals surface area contributed by atoms with Crippen LogP contribution in [-0.2, 0) is 11.3 Å². The molecule has 1 aromatic carbocycles. The average Bonchev–Trinajstić information content (AvgIpc) is 2.31. The van der Waals surface area contributed by atoms with Crippen molar-refractivity contribution in [3.63, 3.8) is 0 Å². The van der Waals surface area contributed by atoms with E-state index in [0.29, 0.717) is 5.02 Å². The number of aliphatic hydroxyl groups is 1. The van der Waals surface area contributed by atoms with E-state index in [1.165, 1.54) is 0 Å². The largest absolute Gasteiger partial charge is 0.389 e. The normalized spacial score (nSPS) is 12.9. The minimum atomic E-state index is -2.42. The summed E-state index contributed by atoms with van der Waals surface area (Å²) in [7, 11) is 0. The molecule has 0 aromatic heterocycles. The molecule has 0 aliphatic rings. The van der Waals surface area contributed by atoms with Crippen molar-refractivity contribution in [2.75, 3.05) is 19.7 Å². The molecule has 0 spiro atoms. The Morgan fingerprint density at radius 2 is 2.00 bits per heavy atom. The van der Waals surface area contributed by atoms with Gasteiger partial charge in [0, 0.05) is 11.6 Å². The van der Waals surface area contributed by atoms with E-state index in [9.17, 15) is 13.9 Å². The predicted molar refractivity (Wildman–Crippen MR) is 66.0 cm³/mol. The second-order valence-corrected chi connectivity index (χ2v) is 4.22. The lowest BCUT2D eigenvalue weighted by atomic mass is 10.2. The molecule has 1 aromatic rings. The molecule has 1 rings (SSSR count). The highest BCUT2D eigenvalue weighted by Gasteiger charge is 2.07.